The number of imidazole rings is 1. The van der Waals surface area contributed by atoms with E-state index >= 15 is 0 Å². The number of hydrogen-bond acceptors (Lipinski definition) is 2. The SMILES string of the molecule is CC(C)C[C@H](N[C@H](C)c1ccc2[nH]c(=O)[nH]c2c1)c1ccccc1. The highest BCUT2D eigenvalue weighted by atomic mass is 16.1. The second kappa shape index (κ2) is 7.05. The minimum Gasteiger partial charge on any atom is -0.306 e. The van der Waals surface area contributed by atoms with Crippen molar-refractivity contribution in [2.75, 3.05) is 0 Å². The topological polar surface area (TPSA) is 60.7 Å². The molecule has 3 rings (SSSR count). The summed E-state index contributed by atoms with van der Waals surface area (Å²) in [6, 6.07) is 17.2. The summed E-state index contributed by atoms with van der Waals surface area (Å²) >= 11 is 0. The van der Waals surface area contributed by atoms with Crippen LogP contribution in [0.5, 0.6) is 0 Å². The molecule has 0 bridgehead atoms. The number of hydrogen-bond donors (Lipinski definition) is 3. The first-order valence-corrected chi connectivity index (χ1v) is 8.56. The van der Waals surface area contributed by atoms with E-state index in [4.69, 9.17) is 0 Å². The summed E-state index contributed by atoms with van der Waals surface area (Å²) in [6.45, 7) is 6.67. The molecule has 0 amide bonds. The lowest BCUT2D eigenvalue weighted by atomic mass is 9.95. The summed E-state index contributed by atoms with van der Waals surface area (Å²) in [4.78, 5) is 17.0. The van der Waals surface area contributed by atoms with Gasteiger partial charge in [-0.2, -0.15) is 0 Å². The molecule has 0 unspecified atom stereocenters. The van der Waals surface area contributed by atoms with E-state index in [1.54, 1.807) is 0 Å². The van der Waals surface area contributed by atoms with Gasteiger partial charge in [0.1, 0.15) is 0 Å². The maximum absolute atomic E-state index is 11.4. The zero-order valence-electron chi connectivity index (χ0n) is 14.5. The van der Waals surface area contributed by atoms with Gasteiger partial charge in [0.05, 0.1) is 11.0 Å². The minimum atomic E-state index is -0.162. The summed E-state index contributed by atoms with van der Waals surface area (Å²) in [5, 5.41) is 3.75. The smallest absolute Gasteiger partial charge is 0.306 e. The maximum Gasteiger partial charge on any atom is 0.323 e. The summed E-state index contributed by atoms with van der Waals surface area (Å²) in [6.07, 6.45) is 1.08. The van der Waals surface area contributed by atoms with Crippen molar-refractivity contribution >= 4 is 11.0 Å². The zero-order valence-corrected chi connectivity index (χ0v) is 14.5. The maximum atomic E-state index is 11.4. The van der Waals surface area contributed by atoms with Crippen molar-refractivity contribution in [1.29, 1.82) is 0 Å². The van der Waals surface area contributed by atoms with Crippen LogP contribution in [0.15, 0.2) is 53.3 Å². The Morgan fingerprint density at radius 2 is 1.62 bits per heavy atom. The number of nitrogens with one attached hydrogen (secondary N) is 3. The van der Waals surface area contributed by atoms with E-state index in [1.807, 2.05) is 12.1 Å². The Bertz CT molecular complexity index is 848. The summed E-state index contributed by atoms with van der Waals surface area (Å²) in [5.41, 5.74) is 4.02. The molecule has 0 aliphatic heterocycles. The molecule has 1 heterocycles. The van der Waals surface area contributed by atoms with E-state index in [-0.39, 0.29) is 11.7 Å². The number of fused-ring (bicyclic) bond motifs is 1. The Balaban J connectivity index is 1.83. The van der Waals surface area contributed by atoms with Crippen LogP contribution in [0.2, 0.25) is 0 Å². The van der Waals surface area contributed by atoms with E-state index in [0.717, 1.165) is 17.5 Å². The zero-order chi connectivity index (χ0) is 17.1. The van der Waals surface area contributed by atoms with Crippen molar-refractivity contribution in [2.24, 2.45) is 5.92 Å². The Labute approximate surface area is 142 Å². The third-order valence-electron chi connectivity index (χ3n) is 4.40. The van der Waals surface area contributed by atoms with Gasteiger partial charge in [-0.15, -0.1) is 0 Å². The Morgan fingerprint density at radius 1 is 0.917 bits per heavy atom. The lowest BCUT2D eigenvalue weighted by molar-refractivity contribution is 0.394. The van der Waals surface area contributed by atoms with E-state index in [1.165, 1.54) is 11.1 Å². The van der Waals surface area contributed by atoms with E-state index in [0.29, 0.717) is 12.0 Å². The molecule has 0 spiro atoms. The molecule has 0 saturated carbocycles. The number of aromatic nitrogens is 2. The highest BCUT2D eigenvalue weighted by Crippen LogP contribution is 2.26. The van der Waals surface area contributed by atoms with E-state index in [2.05, 4.69) is 72.5 Å². The molecular weight excluding hydrogens is 298 g/mol. The van der Waals surface area contributed by atoms with Crippen molar-refractivity contribution in [1.82, 2.24) is 15.3 Å². The molecule has 24 heavy (non-hydrogen) atoms. The molecule has 126 valence electrons. The van der Waals surface area contributed by atoms with Gasteiger partial charge in [0.2, 0.25) is 0 Å². The lowest BCUT2D eigenvalue weighted by Gasteiger charge is -2.25. The molecule has 0 saturated heterocycles. The predicted molar refractivity (Wildman–Crippen MR) is 99.1 cm³/mol. The number of rotatable bonds is 6. The minimum absolute atomic E-state index is 0.162. The Hall–Kier alpha value is -2.33. The fourth-order valence-corrected chi connectivity index (χ4v) is 3.17. The summed E-state index contributed by atoms with van der Waals surface area (Å²) < 4.78 is 0. The lowest BCUT2D eigenvalue weighted by Crippen LogP contribution is -2.26. The molecule has 0 fully saturated rings. The fourth-order valence-electron chi connectivity index (χ4n) is 3.17. The van der Waals surface area contributed by atoms with Crippen molar-refractivity contribution in [2.45, 2.75) is 39.3 Å². The van der Waals surface area contributed by atoms with Crippen LogP contribution in [0, 0.1) is 5.92 Å². The normalized spacial score (nSPS) is 14.2. The summed E-state index contributed by atoms with van der Waals surface area (Å²) in [5.74, 6) is 0.610. The highest BCUT2D eigenvalue weighted by Gasteiger charge is 2.17. The molecule has 0 aliphatic carbocycles. The third-order valence-corrected chi connectivity index (χ3v) is 4.40. The van der Waals surface area contributed by atoms with Gasteiger partial charge in [-0.25, -0.2) is 4.79 Å². The number of benzene rings is 2. The molecule has 1 aromatic heterocycles. The van der Waals surface area contributed by atoms with Crippen molar-refractivity contribution in [3.63, 3.8) is 0 Å². The van der Waals surface area contributed by atoms with Crippen LogP contribution in [0.25, 0.3) is 11.0 Å². The highest BCUT2D eigenvalue weighted by molar-refractivity contribution is 5.75. The first-order chi connectivity index (χ1) is 11.5. The molecule has 0 aliphatic rings. The second-order valence-corrected chi connectivity index (χ2v) is 6.87. The monoisotopic (exact) mass is 323 g/mol. The van der Waals surface area contributed by atoms with Gasteiger partial charge < -0.3 is 15.3 Å². The van der Waals surface area contributed by atoms with E-state index < -0.39 is 0 Å². The van der Waals surface area contributed by atoms with Crippen molar-refractivity contribution in [3.05, 3.63) is 70.1 Å². The molecular formula is C20H25N3O. The van der Waals surface area contributed by atoms with Crippen molar-refractivity contribution < 1.29 is 0 Å². The van der Waals surface area contributed by atoms with Crippen LogP contribution in [0.4, 0.5) is 0 Å². The van der Waals surface area contributed by atoms with Crippen molar-refractivity contribution in [3.8, 4) is 0 Å². The molecule has 0 radical (unpaired) electrons. The Kier molecular flexibility index (Phi) is 4.86. The van der Waals surface area contributed by atoms with Gasteiger partial charge in [0.25, 0.3) is 0 Å². The quantitative estimate of drug-likeness (QED) is 0.633. The first-order valence-electron chi connectivity index (χ1n) is 8.56. The van der Waals surface area contributed by atoms with Gasteiger partial charge in [0.15, 0.2) is 0 Å². The average Bonchev–Trinajstić information content (AvgIpc) is 2.93. The molecule has 3 aromatic rings. The predicted octanol–water partition coefficient (Wildman–Crippen LogP) is 4.29. The van der Waals surface area contributed by atoms with Crippen LogP contribution in [-0.2, 0) is 0 Å². The molecule has 4 nitrogen and oxygen atoms in total. The molecule has 2 aromatic carbocycles. The van der Waals surface area contributed by atoms with Gasteiger partial charge in [-0.3, -0.25) is 0 Å². The van der Waals surface area contributed by atoms with Crippen LogP contribution < -0.4 is 11.0 Å². The molecule has 4 heteroatoms. The van der Waals surface area contributed by atoms with Gasteiger partial charge in [-0.1, -0.05) is 50.2 Å². The van der Waals surface area contributed by atoms with Gasteiger partial charge >= 0.3 is 5.69 Å². The van der Waals surface area contributed by atoms with Crippen LogP contribution >= 0.6 is 0 Å². The second-order valence-electron chi connectivity index (χ2n) is 6.87. The largest absolute Gasteiger partial charge is 0.323 e. The average molecular weight is 323 g/mol. The number of aromatic amines is 2. The standard InChI is InChI=1S/C20H25N3O/c1-13(2)11-18(15-7-5-4-6-8-15)21-14(3)16-9-10-17-19(12-16)23-20(24)22-17/h4-10,12-14,18,21H,11H2,1-3H3,(H2,22,23,24)/t14-,18+/m1/s1. The molecule has 2 atom stereocenters. The molecule has 3 N–H and O–H groups in total. The van der Waals surface area contributed by atoms with E-state index in [9.17, 15) is 4.79 Å². The van der Waals surface area contributed by atoms with Crippen LogP contribution in [-0.4, -0.2) is 9.97 Å². The first kappa shape index (κ1) is 16.5. The fraction of sp³-hybridized carbons (Fsp3) is 0.350. The van der Waals surface area contributed by atoms with Gasteiger partial charge in [0, 0.05) is 12.1 Å². The third kappa shape index (κ3) is 3.77. The Morgan fingerprint density at radius 3 is 2.33 bits per heavy atom. The van der Waals surface area contributed by atoms with Crippen LogP contribution in [0.1, 0.15) is 50.4 Å². The van der Waals surface area contributed by atoms with Gasteiger partial charge in [-0.05, 0) is 42.5 Å². The van der Waals surface area contributed by atoms with Crippen LogP contribution in [0.3, 0.4) is 0 Å². The number of H-pyrrole nitrogens is 2. The summed E-state index contributed by atoms with van der Waals surface area (Å²) in [7, 11) is 0.